The molecule has 0 bridgehead atoms. The molecule has 17 heavy (non-hydrogen) atoms. The highest BCUT2D eigenvalue weighted by Gasteiger charge is 2.25. The van der Waals surface area contributed by atoms with Crippen LogP contribution in [0.2, 0.25) is 0 Å². The number of hydrogen-bond acceptors (Lipinski definition) is 2. The van der Waals surface area contributed by atoms with Crippen LogP contribution in [0.5, 0.6) is 0 Å². The van der Waals surface area contributed by atoms with Gasteiger partial charge in [0.15, 0.2) is 0 Å². The van der Waals surface area contributed by atoms with Gasteiger partial charge in [0.25, 0.3) is 0 Å². The van der Waals surface area contributed by atoms with Gasteiger partial charge in [0.05, 0.1) is 0 Å². The fourth-order valence-corrected chi connectivity index (χ4v) is 3.10. The summed E-state index contributed by atoms with van der Waals surface area (Å²) in [7, 11) is 0. The first-order valence-corrected chi connectivity index (χ1v) is 7.47. The van der Waals surface area contributed by atoms with Crippen LogP contribution in [0.15, 0.2) is 23.1 Å². The summed E-state index contributed by atoms with van der Waals surface area (Å²) < 4.78 is 3.50. The summed E-state index contributed by atoms with van der Waals surface area (Å²) in [6.07, 6.45) is 0. The van der Waals surface area contributed by atoms with E-state index in [0.717, 1.165) is 0 Å². The molecular weight excluding hydrogens is 226 g/mol. The highest BCUT2D eigenvalue weighted by molar-refractivity contribution is 7.97. The molecule has 0 amide bonds. The minimum Gasteiger partial charge on any atom is -0.252 e. The van der Waals surface area contributed by atoms with Gasteiger partial charge in [0.1, 0.15) is 0 Å². The Balaban J connectivity index is 0.000000686. The van der Waals surface area contributed by atoms with E-state index in [2.05, 4.69) is 50.6 Å². The molecule has 0 saturated heterocycles. The van der Waals surface area contributed by atoms with Crippen LogP contribution in [-0.4, -0.2) is 0 Å². The Morgan fingerprint density at radius 2 is 1.76 bits per heavy atom. The molecule has 0 saturated carbocycles. The summed E-state index contributed by atoms with van der Waals surface area (Å²) in [4.78, 5) is 1.42. The molecule has 96 valence electrons. The zero-order valence-corrected chi connectivity index (χ0v) is 12.7. The molecule has 1 atom stereocenters. The van der Waals surface area contributed by atoms with Crippen molar-refractivity contribution >= 4 is 11.9 Å². The predicted octanol–water partition coefficient (Wildman–Crippen LogP) is 5.14. The van der Waals surface area contributed by atoms with Crippen molar-refractivity contribution in [2.75, 3.05) is 0 Å². The van der Waals surface area contributed by atoms with Gasteiger partial charge in [-0.25, -0.2) is 0 Å². The molecule has 0 fully saturated rings. The fraction of sp³-hybridized carbons (Fsp3) is 0.600. The second-order valence-corrected chi connectivity index (χ2v) is 5.77. The molecule has 1 N–H and O–H groups in total. The minimum atomic E-state index is 0.520. The molecule has 0 aliphatic carbocycles. The van der Waals surface area contributed by atoms with E-state index < -0.39 is 0 Å². The van der Waals surface area contributed by atoms with Crippen LogP contribution >= 0.6 is 11.9 Å². The molecule has 0 aromatic heterocycles. The van der Waals surface area contributed by atoms with Crippen molar-refractivity contribution in [2.24, 2.45) is 5.92 Å². The summed E-state index contributed by atoms with van der Waals surface area (Å²) in [6, 6.07) is 7.42. The maximum absolute atomic E-state index is 3.50. The second kappa shape index (κ2) is 6.46. The van der Waals surface area contributed by atoms with Gasteiger partial charge < -0.3 is 0 Å². The highest BCUT2D eigenvalue weighted by Crippen LogP contribution is 2.39. The summed E-state index contributed by atoms with van der Waals surface area (Å²) in [5, 5.41) is 0. The third kappa shape index (κ3) is 3.26. The first kappa shape index (κ1) is 14.6. The molecule has 0 radical (unpaired) electrons. The number of rotatable bonds is 2. The van der Waals surface area contributed by atoms with E-state index in [1.807, 2.05) is 13.8 Å². The van der Waals surface area contributed by atoms with E-state index >= 15 is 0 Å². The summed E-state index contributed by atoms with van der Waals surface area (Å²) in [5.41, 5.74) is 2.91. The van der Waals surface area contributed by atoms with Gasteiger partial charge in [0.2, 0.25) is 0 Å². The van der Waals surface area contributed by atoms with Crippen molar-refractivity contribution in [2.45, 2.75) is 58.4 Å². The van der Waals surface area contributed by atoms with Crippen molar-refractivity contribution < 1.29 is 0 Å². The van der Waals surface area contributed by atoms with Crippen LogP contribution < -0.4 is 4.72 Å². The Morgan fingerprint density at radius 1 is 1.12 bits per heavy atom. The number of benzene rings is 1. The van der Waals surface area contributed by atoms with Crippen LogP contribution in [0.4, 0.5) is 0 Å². The Morgan fingerprint density at radius 3 is 2.29 bits per heavy atom. The number of nitrogens with one attached hydrogen (secondary N) is 1. The molecule has 1 aliphatic heterocycles. The molecule has 2 heteroatoms. The third-order valence-corrected chi connectivity index (χ3v) is 3.95. The predicted molar refractivity (Wildman–Crippen MR) is 78.5 cm³/mol. The van der Waals surface area contributed by atoms with E-state index in [-0.39, 0.29) is 0 Å². The number of hydrogen-bond donors (Lipinski definition) is 1. The number of fused-ring (bicyclic) bond motifs is 1. The summed E-state index contributed by atoms with van der Waals surface area (Å²) in [6.45, 7) is 13.0. The lowest BCUT2D eigenvalue weighted by Gasteiger charge is -2.15. The normalized spacial score (nSPS) is 18.0. The van der Waals surface area contributed by atoms with Crippen molar-refractivity contribution in [1.82, 2.24) is 4.72 Å². The lowest BCUT2D eigenvalue weighted by atomic mass is 9.94. The SMILES string of the molecule is CC.CC(C)c1ccc2c(c1)SNC2C(C)C. The monoisotopic (exact) mass is 251 g/mol. The van der Waals surface area contributed by atoms with Gasteiger partial charge in [-0.2, -0.15) is 0 Å². The van der Waals surface area contributed by atoms with Crippen LogP contribution in [0.1, 0.15) is 64.6 Å². The standard InChI is InChI=1S/C13H19NS.C2H6/c1-8(2)10-5-6-11-12(7-10)15-14-13(11)9(3)4;1-2/h5-9,13-14H,1-4H3;1-2H3. The van der Waals surface area contributed by atoms with Gasteiger partial charge in [-0.1, -0.05) is 53.7 Å². The zero-order chi connectivity index (χ0) is 13.0. The zero-order valence-electron chi connectivity index (χ0n) is 11.9. The van der Waals surface area contributed by atoms with Crippen molar-refractivity contribution in [3.63, 3.8) is 0 Å². The van der Waals surface area contributed by atoms with E-state index in [9.17, 15) is 0 Å². The summed E-state index contributed by atoms with van der Waals surface area (Å²) >= 11 is 1.79. The molecule has 1 unspecified atom stereocenters. The van der Waals surface area contributed by atoms with Crippen LogP contribution in [-0.2, 0) is 0 Å². The van der Waals surface area contributed by atoms with E-state index in [1.54, 1.807) is 11.9 Å². The van der Waals surface area contributed by atoms with Gasteiger partial charge in [-0.15, -0.1) is 0 Å². The quantitative estimate of drug-likeness (QED) is 0.730. The molecule has 1 aliphatic rings. The Labute approximate surface area is 111 Å². The largest absolute Gasteiger partial charge is 0.252 e. The first-order valence-electron chi connectivity index (χ1n) is 6.66. The molecule has 1 heterocycles. The van der Waals surface area contributed by atoms with Crippen LogP contribution in [0.25, 0.3) is 0 Å². The first-order chi connectivity index (χ1) is 8.09. The van der Waals surface area contributed by atoms with Crippen molar-refractivity contribution in [1.29, 1.82) is 0 Å². The molecule has 1 aromatic rings. The molecule has 0 spiro atoms. The molecule has 1 nitrogen and oxygen atoms in total. The maximum atomic E-state index is 3.50. The lowest BCUT2D eigenvalue weighted by Crippen LogP contribution is -2.14. The Bertz CT molecular complexity index is 358. The van der Waals surface area contributed by atoms with E-state index in [4.69, 9.17) is 0 Å². The lowest BCUT2D eigenvalue weighted by molar-refractivity contribution is 0.491. The molecule has 1 aromatic carbocycles. The van der Waals surface area contributed by atoms with Gasteiger partial charge >= 0.3 is 0 Å². The summed E-state index contributed by atoms with van der Waals surface area (Å²) in [5.74, 6) is 1.28. The minimum absolute atomic E-state index is 0.520. The van der Waals surface area contributed by atoms with Gasteiger partial charge in [0, 0.05) is 10.9 Å². The average Bonchev–Trinajstić information content (AvgIpc) is 2.74. The van der Waals surface area contributed by atoms with Crippen molar-refractivity contribution in [3.05, 3.63) is 29.3 Å². The smallest absolute Gasteiger partial charge is 0.0459 e. The second-order valence-electron chi connectivity index (χ2n) is 4.89. The van der Waals surface area contributed by atoms with Gasteiger partial charge in [-0.3, -0.25) is 4.72 Å². The highest BCUT2D eigenvalue weighted by atomic mass is 32.2. The molecular formula is C15H25NS. The van der Waals surface area contributed by atoms with Gasteiger partial charge in [-0.05, 0) is 41.0 Å². The average molecular weight is 251 g/mol. The topological polar surface area (TPSA) is 12.0 Å². The fourth-order valence-electron chi connectivity index (χ4n) is 1.94. The Kier molecular flexibility index (Phi) is 5.54. The Hall–Kier alpha value is -0.470. The van der Waals surface area contributed by atoms with E-state index in [0.29, 0.717) is 17.9 Å². The van der Waals surface area contributed by atoms with E-state index in [1.165, 1.54) is 16.0 Å². The van der Waals surface area contributed by atoms with Crippen molar-refractivity contribution in [3.8, 4) is 0 Å². The van der Waals surface area contributed by atoms with Crippen LogP contribution in [0, 0.1) is 5.92 Å². The maximum Gasteiger partial charge on any atom is 0.0459 e. The molecule has 2 rings (SSSR count). The van der Waals surface area contributed by atoms with Crippen LogP contribution in [0.3, 0.4) is 0 Å². The third-order valence-electron chi connectivity index (χ3n) is 3.00.